The van der Waals surface area contributed by atoms with E-state index in [-0.39, 0.29) is 5.91 Å². The maximum absolute atomic E-state index is 12.4. The molecule has 0 bridgehead atoms. The van der Waals surface area contributed by atoms with Gasteiger partial charge in [0.1, 0.15) is 0 Å². The zero-order valence-corrected chi connectivity index (χ0v) is 15.3. The lowest BCUT2D eigenvalue weighted by Crippen LogP contribution is -2.13. The number of nitrogens with one attached hydrogen (secondary N) is 2. The Hall–Kier alpha value is -1.88. The maximum atomic E-state index is 12.4. The van der Waals surface area contributed by atoms with E-state index in [0.29, 0.717) is 11.5 Å². The second-order valence-corrected chi connectivity index (χ2v) is 6.84. The predicted octanol–water partition coefficient (Wildman–Crippen LogP) is 4.86. The van der Waals surface area contributed by atoms with Gasteiger partial charge in [0.25, 0.3) is 5.91 Å². The second-order valence-electron chi connectivity index (χ2n) is 5.99. The van der Waals surface area contributed by atoms with Gasteiger partial charge >= 0.3 is 0 Å². The van der Waals surface area contributed by atoms with E-state index in [1.54, 1.807) is 12.4 Å². The van der Waals surface area contributed by atoms with Crippen molar-refractivity contribution in [2.24, 2.45) is 5.92 Å². The molecule has 2 rings (SSSR count). The summed E-state index contributed by atoms with van der Waals surface area (Å²) in [5.41, 5.74) is 3.25. The third-order valence-corrected chi connectivity index (χ3v) is 4.36. The highest BCUT2D eigenvalue weighted by molar-refractivity contribution is 9.10. The van der Waals surface area contributed by atoms with Crippen molar-refractivity contribution in [1.29, 1.82) is 0 Å². The van der Waals surface area contributed by atoms with Gasteiger partial charge in [-0.1, -0.05) is 29.8 Å². The summed E-state index contributed by atoms with van der Waals surface area (Å²) >= 11 is 3.45. The van der Waals surface area contributed by atoms with Crippen molar-refractivity contribution in [3.8, 4) is 0 Å². The third-order valence-electron chi connectivity index (χ3n) is 3.47. The highest BCUT2D eigenvalue weighted by Crippen LogP contribution is 2.20. The number of aromatic nitrogens is 1. The topological polar surface area (TPSA) is 54.0 Å². The largest absolute Gasteiger partial charge is 0.384 e. The van der Waals surface area contributed by atoms with Crippen molar-refractivity contribution in [2.45, 2.75) is 27.2 Å². The number of anilines is 2. The van der Waals surface area contributed by atoms with Crippen LogP contribution in [-0.2, 0) is 0 Å². The van der Waals surface area contributed by atoms with Gasteiger partial charge in [0, 0.05) is 29.1 Å². The van der Waals surface area contributed by atoms with E-state index in [2.05, 4.69) is 45.4 Å². The molecule has 1 aromatic heterocycles. The van der Waals surface area contributed by atoms with Gasteiger partial charge in [0.15, 0.2) is 0 Å². The highest BCUT2D eigenvalue weighted by Gasteiger charge is 2.08. The summed E-state index contributed by atoms with van der Waals surface area (Å²) in [5, 5.41) is 6.20. The van der Waals surface area contributed by atoms with Crippen molar-refractivity contribution in [1.82, 2.24) is 4.98 Å². The number of carbonyl (C=O) groups excluding carboxylic acids is 1. The van der Waals surface area contributed by atoms with Gasteiger partial charge in [-0.2, -0.15) is 0 Å². The second kappa shape index (κ2) is 8.11. The van der Waals surface area contributed by atoms with Crippen LogP contribution < -0.4 is 10.6 Å². The molecule has 0 saturated heterocycles. The molecule has 4 nitrogen and oxygen atoms in total. The number of aryl methyl sites for hydroxylation is 1. The fourth-order valence-corrected chi connectivity index (χ4v) is 2.34. The summed E-state index contributed by atoms with van der Waals surface area (Å²) < 4.78 is 1.02. The first-order chi connectivity index (χ1) is 11.0. The quantitative estimate of drug-likeness (QED) is 0.757. The van der Waals surface area contributed by atoms with E-state index < -0.39 is 0 Å². The molecule has 0 saturated carbocycles. The Balaban J connectivity index is 2.02. The van der Waals surface area contributed by atoms with Gasteiger partial charge in [0.2, 0.25) is 0 Å². The Bertz CT molecular complexity index is 686. The van der Waals surface area contributed by atoms with Crippen molar-refractivity contribution in [2.75, 3.05) is 17.2 Å². The fourth-order valence-electron chi connectivity index (χ4n) is 2.09. The monoisotopic (exact) mass is 375 g/mol. The minimum atomic E-state index is -0.160. The van der Waals surface area contributed by atoms with Crippen LogP contribution in [0.15, 0.2) is 41.1 Å². The molecule has 23 heavy (non-hydrogen) atoms. The van der Waals surface area contributed by atoms with Gasteiger partial charge in [0.05, 0.1) is 11.3 Å². The molecule has 0 unspecified atom stereocenters. The van der Waals surface area contributed by atoms with Crippen LogP contribution in [0.2, 0.25) is 0 Å². The summed E-state index contributed by atoms with van der Waals surface area (Å²) in [5.74, 6) is 0.481. The molecule has 5 heteroatoms. The van der Waals surface area contributed by atoms with E-state index in [0.717, 1.165) is 34.4 Å². The summed E-state index contributed by atoms with van der Waals surface area (Å²) in [6, 6.07) is 7.55. The van der Waals surface area contributed by atoms with Crippen LogP contribution in [0.5, 0.6) is 0 Å². The van der Waals surface area contributed by atoms with Crippen molar-refractivity contribution >= 4 is 33.2 Å². The van der Waals surface area contributed by atoms with Gasteiger partial charge < -0.3 is 10.6 Å². The molecular weight excluding hydrogens is 354 g/mol. The molecule has 1 amide bonds. The van der Waals surface area contributed by atoms with Crippen molar-refractivity contribution in [3.05, 3.63) is 52.3 Å². The maximum Gasteiger partial charge on any atom is 0.257 e. The number of hydrogen-bond donors (Lipinski definition) is 2. The average molecular weight is 376 g/mol. The lowest BCUT2D eigenvalue weighted by molar-refractivity contribution is 0.102. The number of rotatable bonds is 6. The van der Waals surface area contributed by atoms with Crippen LogP contribution in [0.25, 0.3) is 0 Å². The van der Waals surface area contributed by atoms with Crippen LogP contribution in [0, 0.1) is 12.8 Å². The summed E-state index contributed by atoms with van der Waals surface area (Å²) in [4.78, 5) is 16.5. The molecule has 0 atom stereocenters. The SMILES string of the molecule is Cc1cc(NC(=O)c2cncc(NCCC(C)C)c2)ccc1Br. The van der Waals surface area contributed by atoms with Crippen LogP contribution in [0.3, 0.4) is 0 Å². The van der Waals surface area contributed by atoms with E-state index in [9.17, 15) is 4.79 Å². The number of nitrogens with zero attached hydrogens (tertiary/aromatic N) is 1. The van der Waals surface area contributed by atoms with E-state index in [4.69, 9.17) is 0 Å². The Morgan fingerprint density at radius 2 is 2.00 bits per heavy atom. The number of hydrogen-bond acceptors (Lipinski definition) is 3. The molecule has 2 aromatic rings. The zero-order chi connectivity index (χ0) is 16.8. The summed E-state index contributed by atoms with van der Waals surface area (Å²) in [7, 11) is 0. The Morgan fingerprint density at radius 1 is 1.22 bits per heavy atom. The molecule has 1 heterocycles. The van der Waals surface area contributed by atoms with Gasteiger partial charge in [-0.05, 0) is 49.1 Å². The molecule has 0 spiro atoms. The number of carbonyl (C=O) groups is 1. The molecule has 0 aliphatic carbocycles. The minimum absolute atomic E-state index is 0.160. The smallest absolute Gasteiger partial charge is 0.257 e. The Labute approximate surface area is 145 Å². The van der Waals surface area contributed by atoms with E-state index in [1.807, 2.05) is 31.2 Å². The lowest BCUT2D eigenvalue weighted by atomic mass is 10.1. The van der Waals surface area contributed by atoms with E-state index in [1.165, 1.54) is 0 Å². The average Bonchev–Trinajstić information content (AvgIpc) is 2.51. The van der Waals surface area contributed by atoms with Crippen LogP contribution in [0.1, 0.15) is 36.2 Å². The molecule has 2 N–H and O–H groups in total. The van der Waals surface area contributed by atoms with E-state index >= 15 is 0 Å². The molecule has 0 aliphatic heterocycles. The number of halogens is 1. The predicted molar refractivity (Wildman–Crippen MR) is 99.0 cm³/mol. The van der Waals surface area contributed by atoms with Gasteiger partial charge in [-0.3, -0.25) is 9.78 Å². The number of benzene rings is 1. The zero-order valence-electron chi connectivity index (χ0n) is 13.7. The summed E-state index contributed by atoms with van der Waals surface area (Å²) in [6.07, 6.45) is 4.39. The molecule has 0 aliphatic rings. The van der Waals surface area contributed by atoms with Gasteiger partial charge in [-0.15, -0.1) is 0 Å². The van der Waals surface area contributed by atoms with Crippen LogP contribution >= 0.6 is 15.9 Å². The van der Waals surface area contributed by atoms with Crippen molar-refractivity contribution < 1.29 is 4.79 Å². The highest BCUT2D eigenvalue weighted by atomic mass is 79.9. The van der Waals surface area contributed by atoms with Crippen LogP contribution in [0.4, 0.5) is 11.4 Å². The van der Waals surface area contributed by atoms with Crippen molar-refractivity contribution in [3.63, 3.8) is 0 Å². The number of pyridine rings is 1. The standard InChI is InChI=1S/C18H22BrN3O/c1-12(2)6-7-21-16-9-14(10-20-11-16)18(23)22-15-4-5-17(19)13(3)8-15/h4-5,8-12,21H,6-7H2,1-3H3,(H,22,23). The number of amides is 1. The minimum Gasteiger partial charge on any atom is -0.384 e. The third kappa shape index (κ3) is 5.36. The Morgan fingerprint density at radius 3 is 2.70 bits per heavy atom. The first kappa shape index (κ1) is 17.5. The first-order valence-corrected chi connectivity index (χ1v) is 8.51. The normalized spacial score (nSPS) is 10.7. The van der Waals surface area contributed by atoms with Crippen LogP contribution in [-0.4, -0.2) is 17.4 Å². The van der Waals surface area contributed by atoms with Gasteiger partial charge in [-0.25, -0.2) is 0 Å². The summed E-state index contributed by atoms with van der Waals surface area (Å²) in [6.45, 7) is 7.23. The molecule has 0 fully saturated rings. The molecule has 122 valence electrons. The lowest BCUT2D eigenvalue weighted by Gasteiger charge is -2.10. The Kier molecular flexibility index (Phi) is 6.16. The molecule has 1 aromatic carbocycles. The molecular formula is C18H22BrN3O. The fraction of sp³-hybridized carbons (Fsp3) is 0.333. The molecule has 0 radical (unpaired) electrons. The first-order valence-electron chi connectivity index (χ1n) is 7.72.